The third-order valence-electron chi connectivity index (χ3n) is 3.83. The summed E-state index contributed by atoms with van der Waals surface area (Å²) in [6.45, 7) is 2.40. The van der Waals surface area contributed by atoms with Crippen LogP contribution in [0.15, 0.2) is 0 Å². The van der Waals surface area contributed by atoms with Gasteiger partial charge in [0.15, 0.2) is 0 Å². The van der Waals surface area contributed by atoms with E-state index in [0.29, 0.717) is 38.9 Å². The van der Waals surface area contributed by atoms with Crippen molar-refractivity contribution in [3.63, 3.8) is 0 Å². The molecule has 5 nitrogen and oxygen atoms in total. The average molecular weight is 355 g/mol. The van der Waals surface area contributed by atoms with Crippen molar-refractivity contribution in [2.75, 3.05) is 32.8 Å². The standard InChI is InChI=1S/C12H23BrN2O3S/c13-12(10-14-11-4-2-1-3-5-11)19(16,17)15-6-8-18-9-7-15/h11-12,14H,1-10H2. The first-order valence-electron chi connectivity index (χ1n) is 7.05. The fourth-order valence-electron chi connectivity index (χ4n) is 2.63. The van der Waals surface area contributed by atoms with E-state index in [-0.39, 0.29) is 0 Å². The zero-order chi connectivity index (χ0) is 13.7. The third kappa shape index (κ3) is 4.39. The van der Waals surface area contributed by atoms with E-state index in [1.54, 1.807) is 0 Å². The number of alkyl halides is 1. The maximum Gasteiger partial charge on any atom is 0.228 e. The molecule has 0 aromatic rings. The molecule has 0 aromatic carbocycles. The van der Waals surface area contributed by atoms with Crippen LogP contribution in [-0.4, -0.2) is 55.8 Å². The zero-order valence-corrected chi connectivity index (χ0v) is 13.6. The summed E-state index contributed by atoms with van der Waals surface area (Å²) in [6, 6.07) is 0.480. The highest BCUT2D eigenvalue weighted by Gasteiger charge is 2.31. The molecule has 19 heavy (non-hydrogen) atoms. The van der Waals surface area contributed by atoms with Crippen molar-refractivity contribution < 1.29 is 13.2 Å². The van der Waals surface area contributed by atoms with E-state index in [0.717, 1.165) is 12.8 Å². The van der Waals surface area contributed by atoms with Crippen LogP contribution in [0.25, 0.3) is 0 Å². The van der Waals surface area contributed by atoms with Crippen molar-refractivity contribution >= 4 is 26.0 Å². The van der Waals surface area contributed by atoms with Gasteiger partial charge in [0.05, 0.1) is 13.2 Å². The molecule has 1 aliphatic heterocycles. The maximum absolute atomic E-state index is 12.3. The van der Waals surface area contributed by atoms with E-state index in [1.807, 2.05) is 0 Å². The van der Waals surface area contributed by atoms with Gasteiger partial charge in [-0.15, -0.1) is 0 Å². The van der Waals surface area contributed by atoms with Crippen LogP contribution in [0.3, 0.4) is 0 Å². The summed E-state index contributed by atoms with van der Waals surface area (Å²) in [6.07, 6.45) is 6.14. The zero-order valence-electron chi connectivity index (χ0n) is 11.2. The number of ether oxygens (including phenoxy) is 1. The first kappa shape index (κ1) is 15.7. The van der Waals surface area contributed by atoms with Crippen LogP contribution in [0.4, 0.5) is 0 Å². The molecule has 0 spiro atoms. The second-order valence-electron chi connectivity index (χ2n) is 5.21. The first-order chi connectivity index (χ1) is 9.10. The SMILES string of the molecule is O=S(=O)(C(Br)CNC1CCCCC1)N1CCOCC1. The Kier molecular flexibility index (Phi) is 6.08. The number of rotatable bonds is 5. The molecule has 1 heterocycles. The molecule has 0 bridgehead atoms. The lowest BCUT2D eigenvalue weighted by Gasteiger charge is -2.29. The molecule has 0 amide bonds. The number of sulfonamides is 1. The van der Waals surface area contributed by atoms with Crippen LogP contribution >= 0.6 is 15.9 Å². The largest absolute Gasteiger partial charge is 0.379 e. The number of nitrogens with one attached hydrogen (secondary N) is 1. The van der Waals surface area contributed by atoms with Gasteiger partial charge in [-0.3, -0.25) is 0 Å². The Morgan fingerprint density at radius 2 is 1.84 bits per heavy atom. The summed E-state index contributed by atoms with van der Waals surface area (Å²) >= 11 is 3.33. The van der Waals surface area contributed by atoms with Crippen molar-refractivity contribution in [1.82, 2.24) is 9.62 Å². The van der Waals surface area contributed by atoms with Crippen LogP contribution in [0.1, 0.15) is 32.1 Å². The number of morpholine rings is 1. The molecule has 1 aliphatic carbocycles. The minimum Gasteiger partial charge on any atom is -0.379 e. The van der Waals surface area contributed by atoms with Gasteiger partial charge < -0.3 is 10.1 Å². The van der Waals surface area contributed by atoms with Crippen LogP contribution in [-0.2, 0) is 14.8 Å². The normalized spacial score (nSPS) is 25.3. The van der Waals surface area contributed by atoms with Gasteiger partial charge in [0.25, 0.3) is 0 Å². The molecule has 7 heteroatoms. The molecule has 1 saturated heterocycles. The van der Waals surface area contributed by atoms with E-state index >= 15 is 0 Å². The molecule has 0 aromatic heterocycles. The van der Waals surface area contributed by atoms with Gasteiger partial charge in [-0.1, -0.05) is 35.2 Å². The molecule has 1 unspecified atom stereocenters. The highest BCUT2D eigenvalue weighted by molar-refractivity contribution is 9.11. The molecule has 2 fully saturated rings. The van der Waals surface area contributed by atoms with Crippen LogP contribution in [0, 0.1) is 0 Å². The number of hydrogen-bond acceptors (Lipinski definition) is 4. The van der Waals surface area contributed by atoms with Crippen molar-refractivity contribution in [1.29, 1.82) is 0 Å². The fraction of sp³-hybridized carbons (Fsp3) is 1.00. The van der Waals surface area contributed by atoms with Gasteiger partial charge in [0.2, 0.25) is 10.0 Å². The molecule has 2 rings (SSSR count). The fourth-order valence-corrected chi connectivity index (χ4v) is 4.82. The molecule has 1 atom stereocenters. The molecule has 1 N–H and O–H groups in total. The van der Waals surface area contributed by atoms with E-state index in [2.05, 4.69) is 21.2 Å². The van der Waals surface area contributed by atoms with Crippen molar-refractivity contribution in [2.24, 2.45) is 0 Å². The van der Waals surface area contributed by atoms with Gasteiger partial charge in [-0.05, 0) is 12.8 Å². The molecular formula is C12H23BrN2O3S. The predicted molar refractivity (Wildman–Crippen MR) is 78.9 cm³/mol. The topological polar surface area (TPSA) is 58.6 Å². The van der Waals surface area contributed by atoms with Gasteiger partial charge in [0.1, 0.15) is 4.16 Å². The van der Waals surface area contributed by atoms with Crippen LogP contribution in [0.5, 0.6) is 0 Å². The molecule has 1 saturated carbocycles. The maximum atomic E-state index is 12.3. The van der Waals surface area contributed by atoms with Crippen LogP contribution in [0.2, 0.25) is 0 Å². The first-order valence-corrected chi connectivity index (χ1v) is 9.47. The van der Waals surface area contributed by atoms with E-state index in [1.165, 1.54) is 23.6 Å². The van der Waals surface area contributed by atoms with Crippen LogP contribution < -0.4 is 5.32 Å². The lowest BCUT2D eigenvalue weighted by Crippen LogP contribution is -2.47. The minimum atomic E-state index is -3.26. The Balaban J connectivity index is 1.81. The Bertz CT molecular complexity index is 365. The Hall–Kier alpha value is 0.310. The Labute approximate surface area is 124 Å². The van der Waals surface area contributed by atoms with E-state index in [9.17, 15) is 8.42 Å². The molecule has 2 aliphatic rings. The van der Waals surface area contributed by atoms with Gasteiger partial charge in [-0.2, -0.15) is 4.31 Å². The van der Waals surface area contributed by atoms with Crippen molar-refractivity contribution in [3.05, 3.63) is 0 Å². The second-order valence-corrected chi connectivity index (χ2v) is 9.04. The number of halogens is 1. The summed E-state index contributed by atoms with van der Waals surface area (Å²) in [7, 11) is -3.26. The third-order valence-corrected chi connectivity index (χ3v) is 7.46. The van der Waals surface area contributed by atoms with Gasteiger partial charge >= 0.3 is 0 Å². The predicted octanol–water partition coefficient (Wildman–Crippen LogP) is 1.29. The summed E-state index contributed by atoms with van der Waals surface area (Å²) in [5, 5.41) is 3.38. The van der Waals surface area contributed by atoms with Gasteiger partial charge in [0, 0.05) is 25.7 Å². The highest BCUT2D eigenvalue weighted by Crippen LogP contribution is 2.20. The Morgan fingerprint density at radius 1 is 1.21 bits per heavy atom. The molecular weight excluding hydrogens is 332 g/mol. The summed E-state index contributed by atoms with van der Waals surface area (Å²) < 4.78 is 30.9. The molecule has 112 valence electrons. The lowest BCUT2D eigenvalue weighted by molar-refractivity contribution is 0.0729. The van der Waals surface area contributed by atoms with Crippen molar-refractivity contribution in [3.8, 4) is 0 Å². The summed E-state index contributed by atoms with van der Waals surface area (Å²) in [5.74, 6) is 0. The number of nitrogens with zero attached hydrogens (tertiary/aromatic N) is 1. The summed E-state index contributed by atoms with van der Waals surface area (Å²) in [5.41, 5.74) is 0. The Morgan fingerprint density at radius 3 is 2.47 bits per heavy atom. The van der Waals surface area contributed by atoms with E-state index in [4.69, 9.17) is 4.74 Å². The molecule has 0 radical (unpaired) electrons. The smallest absolute Gasteiger partial charge is 0.228 e. The minimum absolute atomic E-state index is 0.466. The highest BCUT2D eigenvalue weighted by atomic mass is 79.9. The number of hydrogen-bond donors (Lipinski definition) is 1. The monoisotopic (exact) mass is 354 g/mol. The lowest BCUT2D eigenvalue weighted by atomic mass is 9.96. The second kappa shape index (κ2) is 7.36. The van der Waals surface area contributed by atoms with Gasteiger partial charge in [-0.25, -0.2) is 8.42 Å². The van der Waals surface area contributed by atoms with E-state index < -0.39 is 14.2 Å². The average Bonchev–Trinajstić information content (AvgIpc) is 2.46. The summed E-state index contributed by atoms with van der Waals surface area (Å²) in [4.78, 5) is 0. The van der Waals surface area contributed by atoms with Crippen molar-refractivity contribution in [2.45, 2.75) is 42.3 Å². The quantitative estimate of drug-likeness (QED) is 0.755.